The predicted molar refractivity (Wildman–Crippen MR) is 83.7 cm³/mol. The Morgan fingerprint density at radius 2 is 1.80 bits per heavy atom. The number of hydrogen-bond acceptors (Lipinski definition) is 3. The molecule has 0 radical (unpaired) electrons. The summed E-state index contributed by atoms with van der Waals surface area (Å²) in [6.07, 6.45) is 1.34. The summed E-state index contributed by atoms with van der Waals surface area (Å²) in [5.74, 6) is 0.641. The van der Waals surface area contributed by atoms with Gasteiger partial charge in [0.2, 0.25) is 0 Å². The van der Waals surface area contributed by atoms with E-state index in [1.165, 1.54) is 5.56 Å². The molecule has 0 aromatic heterocycles. The molecule has 1 rings (SSSR count). The molecule has 0 bridgehead atoms. The Kier molecular flexibility index (Phi) is 6.66. The van der Waals surface area contributed by atoms with Crippen molar-refractivity contribution >= 4 is 0 Å². The van der Waals surface area contributed by atoms with Gasteiger partial charge in [-0.1, -0.05) is 45.0 Å². The first kappa shape index (κ1) is 17.2. The van der Waals surface area contributed by atoms with Crippen molar-refractivity contribution in [1.29, 1.82) is 0 Å². The van der Waals surface area contributed by atoms with Crippen LogP contribution < -0.4 is 5.32 Å². The van der Waals surface area contributed by atoms with Gasteiger partial charge in [-0.3, -0.25) is 0 Å². The molecule has 2 unspecified atom stereocenters. The Bertz CT molecular complexity index is 382. The molecule has 1 aromatic rings. The maximum atomic E-state index is 10.2. The molecule has 0 aliphatic carbocycles. The zero-order chi connectivity index (χ0) is 15.2. The zero-order valence-corrected chi connectivity index (χ0v) is 13.2. The number of benzene rings is 1. The molecule has 1 aromatic carbocycles. The van der Waals surface area contributed by atoms with Gasteiger partial charge in [0.25, 0.3) is 0 Å². The molecule has 2 atom stereocenters. The fraction of sp³-hybridized carbons (Fsp3) is 0.647. The molecular formula is C17H29NO2. The van der Waals surface area contributed by atoms with Crippen LogP contribution in [0.15, 0.2) is 24.3 Å². The van der Waals surface area contributed by atoms with Crippen LogP contribution in [0.1, 0.15) is 51.3 Å². The highest BCUT2D eigenvalue weighted by atomic mass is 16.3. The van der Waals surface area contributed by atoms with Gasteiger partial charge < -0.3 is 15.5 Å². The average molecular weight is 279 g/mol. The van der Waals surface area contributed by atoms with Crippen molar-refractivity contribution < 1.29 is 10.2 Å². The van der Waals surface area contributed by atoms with Crippen LogP contribution in [0.4, 0.5) is 0 Å². The van der Waals surface area contributed by atoms with E-state index in [0.29, 0.717) is 12.5 Å². The highest BCUT2D eigenvalue weighted by Gasteiger charge is 2.21. The van der Waals surface area contributed by atoms with E-state index in [1.807, 2.05) is 26.0 Å². The summed E-state index contributed by atoms with van der Waals surface area (Å²) < 4.78 is 0. The van der Waals surface area contributed by atoms with E-state index in [1.54, 1.807) is 0 Å². The Hall–Kier alpha value is -0.900. The predicted octanol–water partition coefficient (Wildman–Crippen LogP) is 2.67. The minimum Gasteiger partial charge on any atom is -0.394 e. The highest BCUT2D eigenvalue weighted by Crippen LogP contribution is 2.17. The lowest BCUT2D eigenvalue weighted by atomic mass is 9.98. The molecule has 20 heavy (non-hydrogen) atoms. The van der Waals surface area contributed by atoms with E-state index in [-0.39, 0.29) is 12.1 Å². The molecule has 0 amide bonds. The highest BCUT2D eigenvalue weighted by molar-refractivity contribution is 5.24. The van der Waals surface area contributed by atoms with Gasteiger partial charge in [-0.05, 0) is 36.8 Å². The number of aliphatic hydroxyl groups excluding tert-OH is 2. The minimum atomic E-state index is -0.541. The Morgan fingerprint density at radius 3 is 2.25 bits per heavy atom. The van der Waals surface area contributed by atoms with E-state index >= 15 is 0 Å². The van der Waals surface area contributed by atoms with Crippen molar-refractivity contribution in [2.24, 2.45) is 5.92 Å². The molecule has 0 saturated carbocycles. The van der Waals surface area contributed by atoms with Crippen molar-refractivity contribution in [3.63, 3.8) is 0 Å². The van der Waals surface area contributed by atoms with Crippen LogP contribution in [-0.4, -0.2) is 28.9 Å². The fourth-order valence-electron chi connectivity index (χ4n) is 2.10. The van der Waals surface area contributed by atoms with Gasteiger partial charge in [-0.2, -0.15) is 0 Å². The molecule has 0 fully saturated rings. The van der Waals surface area contributed by atoms with Gasteiger partial charge in [-0.15, -0.1) is 0 Å². The van der Waals surface area contributed by atoms with Gasteiger partial charge in [0.15, 0.2) is 0 Å². The summed E-state index contributed by atoms with van der Waals surface area (Å²) in [4.78, 5) is 0. The number of aliphatic hydroxyl groups is 2. The third kappa shape index (κ3) is 5.23. The number of β-amino-alcohol motifs (C(OH)–C–C–N with tert-alkyl or cyclic N) is 1. The standard InChI is InChI=1S/C17H29NO2/c1-5-17(4,12-19)18-11-16(20)15-8-6-14(7-9-15)10-13(2)3/h6-9,13,16,18-20H,5,10-12H2,1-4H3. The normalized spacial score (nSPS) is 16.1. The lowest BCUT2D eigenvalue weighted by Crippen LogP contribution is -2.46. The zero-order valence-electron chi connectivity index (χ0n) is 13.2. The lowest BCUT2D eigenvalue weighted by Gasteiger charge is -2.28. The molecule has 0 aliphatic rings. The lowest BCUT2D eigenvalue weighted by molar-refractivity contribution is 0.126. The fourth-order valence-corrected chi connectivity index (χ4v) is 2.10. The Balaban J connectivity index is 2.57. The largest absolute Gasteiger partial charge is 0.394 e. The van der Waals surface area contributed by atoms with Crippen molar-refractivity contribution in [3.8, 4) is 0 Å². The first-order chi connectivity index (χ1) is 9.40. The summed E-state index contributed by atoms with van der Waals surface area (Å²) in [6, 6.07) is 8.16. The molecular weight excluding hydrogens is 250 g/mol. The van der Waals surface area contributed by atoms with Crippen LogP contribution >= 0.6 is 0 Å². The summed E-state index contributed by atoms with van der Waals surface area (Å²) >= 11 is 0. The van der Waals surface area contributed by atoms with E-state index < -0.39 is 6.10 Å². The van der Waals surface area contributed by atoms with Crippen LogP contribution in [0.5, 0.6) is 0 Å². The molecule has 0 aliphatic heterocycles. The van der Waals surface area contributed by atoms with Crippen LogP contribution in [0.3, 0.4) is 0 Å². The summed E-state index contributed by atoms with van der Waals surface area (Å²) in [6.45, 7) is 8.92. The summed E-state index contributed by atoms with van der Waals surface area (Å²) in [5, 5.41) is 22.8. The van der Waals surface area contributed by atoms with Crippen LogP contribution in [-0.2, 0) is 6.42 Å². The molecule has 0 spiro atoms. The summed E-state index contributed by atoms with van der Waals surface area (Å²) in [5.41, 5.74) is 1.90. The second-order valence-corrected chi connectivity index (χ2v) is 6.31. The average Bonchev–Trinajstić information content (AvgIpc) is 2.44. The topological polar surface area (TPSA) is 52.5 Å². The first-order valence-electron chi connectivity index (χ1n) is 7.53. The number of hydrogen-bond donors (Lipinski definition) is 3. The molecule has 0 saturated heterocycles. The molecule has 3 nitrogen and oxygen atoms in total. The number of nitrogens with one attached hydrogen (secondary N) is 1. The molecule has 0 heterocycles. The third-order valence-corrected chi connectivity index (χ3v) is 3.86. The molecule has 3 heteroatoms. The Labute approximate surface area is 123 Å². The van der Waals surface area contributed by atoms with E-state index in [9.17, 15) is 10.2 Å². The van der Waals surface area contributed by atoms with Gasteiger partial charge in [0.1, 0.15) is 0 Å². The quantitative estimate of drug-likeness (QED) is 0.686. The van der Waals surface area contributed by atoms with Crippen LogP contribution in [0.25, 0.3) is 0 Å². The second-order valence-electron chi connectivity index (χ2n) is 6.31. The number of rotatable bonds is 8. The van der Waals surface area contributed by atoms with Crippen molar-refractivity contribution in [2.75, 3.05) is 13.2 Å². The first-order valence-corrected chi connectivity index (χ1v) is 7.53. The second kappa shape index (κ2) is 7.77. The summed E-state index contributed by atoms with van der Waals surface area (Å²) in [7, 11) is 0. The Morgan fingerprint density at radius 1 is 1.20 bits per heavy atom. The third-order valence-electron chi connectivity index (χ3n) is 3.86. The maximum absolute atomic E-state index is 10.2. The van der Waals surface area contributed by atoms with Gasteiger partial charge in [0.05, 0.1) is 12.7 Å². The van der Waals surface area contributed by atoms with Gasteiger partial charge >= 0.3 is 0 Å². The SMILES string of the molecule is CCC(C)(CO)NCC(O)c1ccc(CC(C)C)cc1. The minimum absolute atomic E-state index is 0.0730. The monoisotopic (exact) mass is 279 g/mol. The molecule has 114 valence electrons. The van der Waals surface area contributed by atoms with Crippen molar-refractivity contribution in [1.82, 2.24) is 5.32 Å². The van der Waals surface area contributed by atoms with E-state index in [2.05, 4.69) is 31.3 Å². The van der Waals surface area contributed by atoms with Crippen molar-refractivity contribution in [3.05, 3.63) is 35.4 Å². The van der Waals surface area contributed by atoms with E-state index in [0.717, 1.165) is 18.4 Å². The van der Waals surface area contributed by atoms with Crippen LogP contribution in [0.2, 0.25) is 0 Å². The van der Waals surface area contributed by atoms with Gasteiger partial charge in [0, 0.05) is 12.1 Å². The van der Waals surface area contributed by atoms with E-state index in [4.69, 9.17) is 0 Å². The smallest absolute Gasteiger partial charge is 0.0914 e. The van der Waals surface area contributed by atoms with Crippen LogP contribution in [0, 0.1) is 5.92 Å². The molecule has 3 N–H and O–H groups in total. The van der Waals surface area contributed by atoms with Crippen molar-refractivity contribution in [2.45, 2.75) is 52.2 Å². The maximum Gasteiger partial charge on any atom is 0.0914 e. The van der Waals surface area contributed by atoms with Gasteiger partial charge in [-0.25, -0.2) is 0 Å².